The minimum atomic E-state index is 0.279. The third-order valence-corrected chi connectivity index (χ3v) is 5.65. The summed E-state index contributed by atoms with van der Waals surface area (Å²) in [6.07, 6.45) is 12.1. The van der Waals surface area contributed by atoms with E-state index in [9.17, 15) is 0 Å². The van der Waals surface area contributed by atoms with Crippen LogP contribution in [0.2, 0.25) is 0 Å². The molecule has 4 aliphatic rings. The summed E-state index contributed by atoms with van der Waals surface area (Å²) in [5, 5.41) is 16.1. The van der Waals surface area contributed by atoms with Crippen LogP contribution in [0, 0.1) is 17.8 Å². The van der Waals surface area contributed by atoms with Crippen molar-refractivity contribution in [1.82, 2.24) is 30.0 Å². The number of nitrogens with zero attached hydrogens (tertiary/aromatic N) is 6. The maximum Gasteiger partial charge on any atom is 0.178 e. The quantitative estimate of drug-likeness (QED) is 0.834. The Labute approximate surface area is 117 Å². The van der Waals surface area contributed by atoms with Gasteiger partial charge in [0.2, 0.25) is 0 Å². The van der Waals surface area contributed by atoms with Gasteiger partial charge in [-0.25, -0.2) is 0 Å². The first kappa shape index (κ1) is 11.0. The van der Waals surface area contributed by atoms with Crippen molar-refractivity contribution in [3.05, 3.63) is 18.6 Å². The van der Waals surface area contributed by atoms with Crippen molar-refractivity contribution in [1.29, 1.82) is 0 Å². The van der Waals surface area contributed by atoms with Gasteiger partial charge in [-0.05, 0) is 66.7 Å². The summed E-state index contributed by atoms with van der Waals surface area (Å²) in [7, 11) is 0. The summed E-state index contributed by atoms with van der Waals surface area (Å²) in [6, 6.07) is 2.02. The second-order valence-electron chi connectivity index (χ2n) is 7.01. The van der Waals surface area contributed by atoms with Crippen LogP contribution in [0.15, 0.2) is 18.6 Å². The van der Waals surface area contributed by atoms with E-state index in [0.717, 1.165) is 23.6 Å². The highest BCUT2D eigenvalue weighted by Gasteiger charge is 2.52. The largest absolute Gasteiger partial charge is 0.264 e. The Kier molecular flexibility index (Phi) is 2.02. The molecular weight excluding hydrogens is 252 g/mol. The molecule has 0 unspecified atom stereocenters. The lowest BCUT2D eigenvalue weighted by Gasteiger charge is -2.56. The fourth-order valence-electron chi connectivity index (χ4n) is 5.31. The van der Waals surface area contributed by atoms with E-state index in [1.807, 2.05) is 6.07 Å². The standard InChI is InChI=1S/C14H18N6/c1-2-20(16-13(1)19-9-15-17-18-19)14-6-10-3-11(7-14)5-12(4-10)8-14/h1-2,9-12H,3-8H2. The minimum Gasteiger partial charge on any atom is -0.264 e. The maximum absolute atomic E-state index is 4.78. The molecule has 4 bridgehead atoms. The number of rotatable bonds is 2. The molecule has 0 N–H and O–H groups in total. The van der Waals surface area contributed by atoms with E-state index in [1.54, 1.807) is 11.0 Å². The predicted molar refractivity (Wildman–Crippen MR) is 71.1 cm³/mol. The Balaban J connectivity index is 1.54. The van der Waals surface area contributed by atoms with Crippen LogP contribution in [0.25, 0.3) is 5.82 Å². The van der Waals surface area contributed by atoms with Crippen LogP contribution in [0.4, 0.5) is 0 Å². The van der Waals surface area contributed by atoms with Crippen molar-refractivity contribution in [2.45, 2.75) is 44.1 Å². The van der Waals surface area contributed by atoms with E-state index in [4.69, 9.17) is 5.10 Å². The van der Waals surface area contributed by atoms with Gasteiger partial charge in [0.15, 0.2) is 5.82 Å². The van der Waals surface area contributed by atoms with Crippen molar-refractivity contribution in [2.75, 3.05) is 0 Å². The third kappa shape index (κ3) is 1.45. The Morgan fingerprint density at radius 2 is 1.75 bits per heavy atom. The van der Waals surface area contributed by atoms with Crippen molar-refractivity contribution >= 4 is 0 Å². The van der Waals surface area contributed by atoms with E-state index >= 15 is 0 Å². The van der Waals surface area contributed by atoms with Gasteiger partial charge in [0.1, 0.15) is 6.33 Å². The lowest BCUT2D eigenvalue weighted by Crippen LogP contribution is -2.52. The molecule has 2 heterocycles. The van der Waals surface area contributed by atoms with E-state index in [1.165, 1.54) is 38.5 Å². The van der Waals surface area contributed by atoms with Gasteiger partial charge in [-0.3, -0.25) is 4.68 Å². The summed E-state index contributed by atoms with van der Waals surface area (Å²) in [6.45, 7) is 0. The van der Waals surface area contributed by atoms with Gasteiger partial charge in [-0.2, -0.15) is 9.78 Å². The molecule has 0 spiro atoms. The number of hydrogen-bond donors (Lipinski definition) is 0. The smallest absolute Gasteiger partial charge is 0.178 e. The van der Waals surface area contributed by atoms with Crippen molar-refractivity contribution in [3.63, 3.8) is 0 Å². The molecule has 2 aromatic rings. The summed E-state index contributed by atoms with van der Waals surface area (Å²) in [4.78, 5) is 0. The Morgan fingerprint density at radius 1 is 1.05 bits per heavy atom. The first-order chi connectivity index (χ1) is 9.81. The third-order valence-electron chi connectivity index (χ3n) is 5.65. The van der Waals surface area contributed by atoms with Gasteiger partial charge in [-0.15, -0.1) is 5.10 Å². The summed E-state index contributed by atoms with van der Waals surface area (Å²) >= 11 is 0. The summed E-state index contributed by atoms with van der Waals surface area (Å²) < 4.78 is 3.87. The minimum absolute atomic E-state index is 0.279. The normalized spacial score (nSPS) is 38.5. The zero-order chi connectivity index (χ0) is 13.2. The maximum atomic E-state index is 4.78. The number of aromatic nitrogens is 6. The zero-order valence-electron chi connectivity index (χ0n) is 11.4. The predicted octanol–water partition coefficient (Wildman–Crippen LogP) is 1.78. The van der Waals surface area contributed by atoms with Gasteiger partial charge in [0.25, 0.3) is 0 Å². The molecule has 0 radical (unpaired) electrons. The van der Waals surface area contributed by atoms with Gasteiger partial charge >= 0.3 is 0 Å². The molecule has 4 saturated carbocycles. The Bertz CT molecular complexity index is 593. The Morgan fingerprint density at radius 3 is 2.35 bits per heavy atom. The van der Waals surface area contributed by atoms with Crippen LogP contribution < -0.4 is 0 Å². The van der Waals surface area contributed by atoms with Gasteiger partial charge in [-0.1, -0.05) is 0 Å². The molecule has 6 heteroatoms. The molecule has 104 valence electrons. The fraction of sp³-hybridized carbons (Fsp3) is 0.714. The molecule has 0 aliphatic heterocycles. The first-order valence-corrected chi connectivity index (χ1v) is 7.60. The second kappa shape index (κ2) is 3.68. The fourth-order valence-corrected chi connectivity index (χ4v) is 5.31. The lowest BCUT2D eigenvalue weighted by atomic mass is 9.53. The average Bonchev–Trinajstić information content (AvgIpc) is 3.09. The van der Waals surface area contributed by atoms with Gasteiger partial charge < -0.3 is 0 Å². The summed E-state index contributed by atoms with van der Waals surface area (Å²) in [5.74, 6) is 3.62. The zero-order valence-corrected chi connectivity index (χ0v) is 11.4. The highest BCUT2D eigenvalue weighted by atomic mass is 15.6. The van der Waals surface area contributed by atoms with Gasteiger partial charge in [0, 0.05) is 12.3 Å². The van der Waals surface area contributed by atoms with Crippen LogP contribution in [0.1, 0.15) is 38.5 Å². The van der Waals surface area contributed by atoms with Crippen LogP contribution >= 0.6 is 0 Å². The van der Waals surface area contributed by atoms with E-state index in [-0.39, 0.29) is 5.54 Å². The van der Waals surface area contributed by atoms with Crippen molar-refractivity contribution in [2.24, 2.45) is 17.8 Å². The molecule has 4 fully saturated rings. The molecule has 0 amide bonds. The number of hydrogen-bond acceptors (Lipinski definition) is 4. The second-order valence-corrected chi connectivity index (χ2v) is 7.01. The molecule has 0 atom stereocenters. The monoisotopic (exact) mass is 270 g/mol. The van der Waals surface area contributed by atoms with Crippen LogP contribution in [0.5, 0.6) is 0 Å². The molecule has 20 heavy (non-hydrogen) atoms. The van der Waals surface area contributed by atoms with Crippen LogP contribution in [0.3, 0.4) is 0 Å². The van der Waals surface area contributed by atoms with Gasteiger partial charge in [0.05, 0.1) is 5.54 Å². The average molecular weight is 270 g/mol. The first-order valence-electron chi connectivity index (χ1n) is 7.60. The lowest BCUT2D eigenvalue weighted by molar-refractivity contribution is -0.0494. The van der Waals surface area contributed by atoms with Crippen LogP contribution in [-0.4, -0.2) is 30.0 Å². The SMILES string of the molecule is c1cn(C23CC4CC(CC(C4)C2)C3)nc1-n1cnnn1. The molecule has 4 aliphatic carbocycles. The molecule has 2 aromatic heterocycles. The van der Waals surface area contributed by atoms with E-state index < -0.39 is 0 Å². The summed E-state index contributed by atoms with van der Waals surface area (Å²) in [5.41, 5.74) is 0.279. The molecule has 6 rings (SSSR count). The highest BCUT2D eigenvalue weighted by Crippen LogP contribution is 2.58. The van der Waals surface area contributed by atoms with E-state index in [0.29, 0.717) is 0 Å². The van der Waals surface area contributed by atoms with Crippen molar-refractivity contribution in [3.8, 4) is 5.82 Å². The molecule has 0 saturated heterocycles. The molecule has 6 nitrogen and oxygen atoms in total. The molecule has 0 aromatic carbocycles. The van der Waals surface area contributed by atoms with Crippen LogP contribution in [-0.2, 0) is 5.54 Å². The van der Waals surface area contributed by atoms with E-state index in [2.05, 4.69) is 26.4 Å². The number of tetrazole rings is 1. The Hall–Kier alpha value is -1.72. The van der Waals surface area contributed by atoms with Crippen molar-refractivity contribution < 1.29 is 0 Å². The molecular formula is C14H18N6. The topological polar surface area (TPSA) is 61.4 Å². The highest BCUT2D eigenvalue weighted by molar-refractivity contribution is 5.18.